The average molecular weight is 356 g/mol. The Balaban J connectivity index is 0. The summed E-state index contributed by atoms with van der Waals surface area (Å²) < 4.78 is 47.6. The van der Waals surface area contributed by atoms with Gasteiger partial charge in [0.1, 0.15) is 16.1 Å². The van der Waals surface area contributed by atoms with Gasteiger partial charge in [-0.3, -0.25) is 4.72 Å². The molecule has 0 unspecified atom stereocenters. The normalized spacial score (nSPS) is 14.7. The summed E-state index contributed by atoms with van der Waals surface area (Å²) in [4.78, 5) is 3.00. The van der Waals surface area contributed by atoms with E-state index in [0.29, 0.717) is 0 Å². The number of primary sulfonamides is 1. The Hall–Kier alpha value is -0.240. The Morgan fingerprint density at radius 1 is 1.25 bits per heavy atom. The van der Waals surface area contributed by atoms with Crippen molar-refractivity contribution in [3.8, 4) is 0 Å². The molecule has 0 aliphatic carbocycles. The van der Waals surface area contributed by atoms with Crippen LogP contribution < -0.4 is 9.86 Å². The van der Waals surface area contributed by atoms with Crippen molar-refractivity contribution in [3.63, 3.8) is 0 Å². The molecule has 7 N–H and O–H groups in total. The summed E-state index contributed by atoms with van der Waals surface area (Å²) in [5.74, 6) is 0. The predicted octanol–water partition coefficient (Wildman–Crippen LogP) is -2.36. The van der Waals surface area contributed by atoms with Crippen molar-refractivity contribution >= 4 is 73.2 Å². The van der Waals surface area contributed by atoms with Crippen LogP contribution in [0.1, 0.15) is 0 Å². The molecule has 1 aliphatic rings. The first-order chi connectivity index (χ1) is 7.72. The second-order valence-corrected chi connectivity index (χ2v) is 6.79. The van der Waals surface area contributed by atoms with E-state index < -0.39 is 24.9 Å². The Bertz CT molecular complexity index is 733. The predicted molar refractivity (Wildman–Crippen MR) is 75.7 cm³/mol. The van der Waals surface area contributed by atoms with Gasteiger partial charge in [0.25, 0.3) is 10.0 Å². The molecule has 0 radical (unpaired) electrons. The van der Waals surface area contributed by atoms with Gasteiger partial charge in [-0.15, -0.1) is 0 Å². The number of nitrogens with one attached hydrogen (secondary N) is 1. The van der Waals surface area contributed by atoms with Gasteiger partial charge in [-0.05, 0) is 12.1 Å². The molecule has 110 valence electrons. The Kier molecular flexibility index (Phi) is 7.89. The van der Waals surface area contributed by atoms with Crippen LogP contribution in [0.25, 0.3) is 0 Å². The number of nitrogens with two attached hydrogens (primary N) is 1. The minimum absolute atomic E-state index is 0. The number of rotatable bonds is 1. The zero-order chi connectivity index (χ0) is 12.8. The van der Waals surface area contributed by atoms with E-state index in [1.54, 1.807) is 0 Å². The molecular weight excluding hydrogens is 345 g/mol. The number of fused-ring (bicyclic) bond motifs is 1. The summed E-state index contributed by atoms with van der Waals surface area (Å²) in [6, 6.07) is 2.01. The fraction of sp³-hybridized carbons (Fsp3) is 0. The summed E-state index contributed by atoms with van der Waals surface area (Å²) >= 11 is 5.69. The van der Waals surface area contributed by atoms with Crippen LogP contribution in [0.3, 0.4) is 0 Å². The summed E-state index contributed by atoms with van der Waals surface area (Å²) in [6.45, 7) is 0. The van der Waals surface area contributed by atoms with Crippen LogP contribution in [-0.2, 0) is 20.0 Å². The topological polar surface area (TPSA) is 182 Å². The first kappa shape index (κ1) is 22.0. The second kappa shape index (κ2) is 7.15. The third-order valence-electron chi connectivity index (χ3n) is 2.02. The molecule has 0 spiro atoms. The third kappa shape index (κ3) is 4.13. The molecule has 1 aliphatic heterocycles. The number of hydrogen-bond donors (Lipinski definition) is 2. The van der Waals surface area contributed by atoms with Gasteiger partial charge in [0.15, 0.2) is 0 Å². The Morgan fingerprint density at radius 3 is 2.30 bits per heavy atom. The van der Waals surface area contributed by atoms with Crippen LogP contribution in [0, 0.1) is 0 Å². The van der Waals surface area contributed by atoms with Crippen molar-refractivity contribution in [3.05, 3.63) is 17.2 Å². The monoisotopic (exact) mass is 355 g/mol. The van der Waals surface area contributed by atoms with Gasteiger partial charge in [-0.1, -0.05) is 11.6 Å². The molecule has 0 bridgehead atoms. The molecule has 9 nitrogen and oxygen atoms in total. The third-order valence-corrected chi connectivity index (χ3v) is 4.72. The Labute approximate surface area is 142 Å². The van der Waals surface area contributed by atoms with Gasteiger partial charge in [0.05, 0.1) is 10.7 Å². The number of nitrogens with zero attached hydrogens (tertiary/aromatic N) is 1. The minimum atomic E-state index is -4.09. The van der Waals surface area contributed by atoms with E-state index in [0.717, 1.165) is 18.5 Å². The quantitative estimate of drug-likeness (QED) is 0.534. The number of benzene rings is 1. The second-order valence-electron chi connectivity index (χ2n) is 3.17. The molecule has 0 aromatic heterocycles. The summed E-state index contributed by atoms with van der Waals surface area (Å²) in [5, 5.41) is 4.73. The van der Waals surface area contributed by atoms with E-state index in [4.69, 9.17) is 16.7 Å². The first-order valence-electron chi connectivity index (χ1n) is 4.13. The number of sulfonamides is 2. The van der Waals surface area contributed by atoms with Gasteiger partial charge in [0.2, 0.25) is 10.0 Å². The molecule has 20 heavy (non-hydrogen) atoms. The van der Waals surface area contributed by atoms with Crippen molar-refractivity contribution in [2.24, 2.45) is 10.1 Å². The van der Waals surface area contributed by atoms with Crippen LogP contribution >= 0.6 is 11.6 Å². The molecule has 13 heteroatoms. The van der Waals surface area contributed by atoms with Gasteiger partial charge >= 0.3 is 29.6 Å². The molecule has 0 atom stereocenters. The van der Waals surface area contributed by atoms with Gasteiger partial charge in [0, 0.05) is 0 Å². The van der Waals surface area contributed by atoms with Gasteiger partial charge in [-0.2, -0.15) is 0 Å². The maximum absolute atomic E-state index is 11.6. The summed E-state index contributed by atoms with van der Waals surface area (Å²) in [6.07, 6.45) is 0.977. The standard InChI is InChI=1S/C7H6ClN3O4S2.Na.2H2O.H/c8-4-1-5-7(2-6(4)16(9,12)13)17(14,15)11-3-10-5;;;;/h1-3H,(H,10,11)(H2,9,12,13);;2*1H2;. The van der Waals surface area contributed by atoms with Crippen molar-refractivity contribution in [2.75, 3.05) is 0 Å². The van der Waals surface area contributed by atoms with Crippen molar-refractivity contribution < 1.29 is 27.8 Å². The van der Waals surface area contributed by atoms with E-state index >= 15 is 0 Å². The van der Waals surface area contributed by atoms with E-state index in [-0.39, 0.29) is 56.1 Å². The molecule has 0 fully saturated rings. The van der Waals surface area contributed by atoms with Crippen LogP contribution in [0.5, 0.6) is 0 Å². The molecule has 2 rings (SSSR count). The van der Waals surface area contributed by atoms with Crippen LogP contribution in [0.2, 0.25) is 5.02 Å². The van der Waals surface area contributed by atoms with E-state index in [9.17, 15) is 16.8 Å². The first-order valence-corrected chi connectivity index (χ1v) is 7.54. The summed E-state index contributed by atoms with van der Waals surface area (Å²) in [5.41, 5.74) is 0.0566. The van der Waals surface area contributed by atoms with Gasteiger partial charge < -0.3 is 11.0 Å². The zero-order valence-corrected chi connectivity index (χ0v) is 11.5. The van der Waals surface area contributed by atoms with E-state index in [1.165, 1.54) is 0 Å². The average Bonchev–Trinajstić information content (AvgIpc) is 2.13. The fourth-order valence-electron chi connectivity index (χ4n) is 1.29. The van der Waals surface area contributed by atoms with E-state index in [2.05, 4.69) is 4.99 Å². The van der Waals surface area contributed by atoms with E-state index in [1.807, 2.05) is 4.72 Å². The zero-order valence-electron chi connectivity index (χ0n) is 9.08. The summed E-state index contributed by atoms with van der Waals surface area (Å²) in [7, 11) is -7.91. The van der Waals surface area contributed by atoms with Crippen molar-refractivity contribution in [2.45, 2.75) is 9.79 Å². The van der Waals surface area contributed by atoms with Crippen LogP contribution in [-0.4, -0.2) is 63.7 Å². The molecular formula is C7H11ClN3NaO6S2. The Morgan fingerprint density at radius 2 is 1.80 bits per heavy atom. The number of aliphatic imine (C=N–C) groups is 1. The van der Waals surface area contributed by atoms with Crippen LogP contribution in [0.4, 0.5) is 5.69 Å². The molecule has 0 amide bonds. The molecule has 1 heterocycles. The maximum atomic E-state index is 11.6. The van der Waals surface area contributed by atoms with Crippen molar-refractivity contribution in [1.29, 1.82) is 0 Å². The molecule has 1 aromatic carbocycles. The molecule has 1 aromatic rings. The number of hydrogen-bond acceptors (Lipinski definition) is 5. The number of halogens is 1. The fourth-order valence-corrected chi connectivity index (χ4v) is 3.43. The molecule has 0 saturated heterocycles. The van der Waals surface area contributed by atoms with Crippen molar-refractivity contribution in [1.82, 2.24) is 4.72 Å². The van der Waals surface area contributed by atoms with Crippen LogP contribution in [0.15, 0.2) is 26.9 Å². The van der Waals surface area contributed by atoms with Gasteiger partial charge in [-0.25, -0.2) is 27.0 Å². The molecule has 0 saturated carbocycles. The SMILES string of the molecule is NS(=O)(=O)c1cc2c(cc1Cl)N=CNS2(=O)=O.O.O.[NaH].